The lowest BCUT2D eigenvalue weighted by molar-refractivity contribution is -0.129. The van der Waals surface area contributed by atoms with Crippen molar-refractivity contribution in [3.8, 4) is 11.5 Å². The van der Waals surface area contributed by atoms with E-state index in [1.807, 2.05) is 11.0 Å². The van der Waals surface area contributed by atoms with Crippen LogP contribution in [0.1, 0.15) is 26.2 Å². The quantitative estimate of drug-likeness (QED) is 0.906. The van der Waals surface area contributed by atoms with E-state index < -0.39 is 0 Å². The molecule has 0 aromatic carbocycles. The van der Waals surface area contributed by atoms with Gasteiger partial charge in [0.05, 0.1) is 6.04 Å². The number of aromatic amines is 1. The minimum Gasteiger partial charge on any atom is -0.339 e. The Kier molecular flexibility index (Phi) is 3.51. The SMILES string of the molecule is CCn1c(-c2ccn[nH]2)nnc1N1CCC(N2CCCC2=O)C1. The zero-order valence-corrected chi connectivity index (χ0v) is 13.3. The topological polar surface area (TPSA) is 82.9 Å². The van der Waals surface area contributed by atoms with Gasteiger partial charge in [0.25, 0.3) is 0 Å². The van der Waals surface area contributed by atoms with Crippen LogP contribution in [0.3, 0.4) is 0 Å². The first-order valence-electron chi connectivity index (χ1n) is 8.25. The molecule has 4 heterocycles. The van der Waals surface area contributed by atoms with Crippen molar-refractivity contribution in [1.29, 1.82) is 0 Å². The standard InChI is InChI=1S/C15H21N7O/c1-2-21-14(12-5-7-16-17-12)18-19-15(21)20-9-6-11(10-20)22-8-3-4-13(22)23/h5,7,11H,2-4,6,8-10H2,1H3,(H,16,17). The van der Waals surface area contributed by atoms with Gasteiger partial charge in [0, 0.05) is 38.8 Å². The molecule has 1 N–H and O–H groups in total. The number of aromatic nitrogens is 5. The maximum atomic E-state index is 12.0. The van der Waals surface area contributed by atoms with Gasteiger partial charge in [-0.15, -0.1) is 10.2 Å². The predicted octanol–water partition coefficient (Wildman–Crippen LogP) is 0.889. The highest BCUT2D eigenvalue weighted by molar-refractivity contribution is 5.78. The second-order valence-electron chi connectivity index (χ2n) is 6.12. The van der Waals surface area contributed by atoms with Crippen LogP contribution in [0, 0.1) is 0 Å². The van der Waals surface area contributed by atoms with Gasteiger partial charge in [-0.2, -0.15) is 5.10 Å². The van der Waals surface area contributed by atoms with Crippen molar-refractivity contribution in [1.82, 2.24) is 29.9 Å². The number of nitrogens with zero attached hydrogens (tertiary/aromatic N) is 6. The number of hydrogen-bond donors (Lipinski definition) is 1. The van der Waals surface area contributed by atoms with Crippen molar-refractivity contribution < 1.29 is 4.79 Å². The fraction of sp³-hybridized carbons (Fsp3) is 0.600. The Balaban J connectivity index is 1.56. The van der Waals surface area contributed by atoms with E-state index in [-0.39, 0.29) is 0 Å². The van der Waals surface area contributed by atoms with Crippen LogP contribution in [0.5, 0.6) is 0 Å². The highest BCUT2D eigenvalue weighted by Crippen LogP contribution is 2.27. The summed E-state index contributed by atoms with van der Waals surface area (Å²) in [5.74, 6) is 1.99. The number of anilines is 1. The van der Waals surface area contributed by atoms with Gasteiger partial charge in [0.2, 0.25) is 11.9 Å². The summed E-state index contributed by atoms with van der Waals surface area (Å²) in [6.45, 7) is 5.53. The minimum absolute atomic E-state index is 0.298. The Bertz CT molecular complexity index is 693. The molecule has 0 radical (unpaired) electrons. The summed E-state index contributed by atoms with van der Waals surface area (Å²) in [5, 5.41) is 15.7. The first-order valence-corrected chi connectivity index (χ1v) is 8.25. The van der Waals surface area contributed by atoms with Crippen LogP contribution in [0.2, 0.25) is 0 Å². The number of carbonyl (C=O) groups excluding carboxylic acids is 1. The molecule has 1 amide bonds. The van der Waals surface area contributed by atoms with E-state index in [1.165, 1.54) is 0 Å². The number of carbonyl (C=O) groups is 1. The molecule has 2 fully saturated rings. The van der Waals surface area contributed by atoms with E-state index in [0.29, 0.717) is 18.4 Å². The van der Waals surface area contributed by atoms with Gasteiger partial charge in [-0.25, -0.2) is 0 Å². The van der Waals surface area contributed by atoms with Gasteiger partial charge in [0.15, 0.2) is 5.82 Å². The first-order chi connectivity index (χ1) is 11.3. The summed E-state index contributed by atoms with van der Waals surface area (Å²) >= 11 is 0. The van der Waals surface area contributed by atoms with Crippen LogP contribution in [-0.4, -0.2) is 61.4 Å². The molecule has 0 spiro atoms. The number of H-pyrrole nitrogens is 1. The molecule has 1 atom stereocenters. The Morgan fingerprint density at radius 1 is 1.35 bits per heavy atom. The predicted molar refractivity (Wildman–Crippen MR) is 84.8 cm³/mol. The molecule has 0 bridgehead atoms. The van der Waals surface area contributed by atoms with Crippen molar-refractivity contribution in [3.63, 3.8) is 0 Å². The van der Waals surface area contributed by atoms with Gasteiger partial charge < -0.3 is 9.80 Å². The molecule has 8 nitrogen and oxygen atoms in total. The summed E-state index contributed by atoms with van der Waals surface area (Å²) in [6, 6.07) is 2.21. The Hall–Kier alpha value is -2.38. The largest absolute Gasteiger partial charge is 0.339 e. The third-order valence-electron chi connectivity index (χ3n) is 4.79. The fourth-order valence-corrected chi connectivity index (χ4v) is 3.63. The first kappa shape index (κ1) is 14.2. The molecule has 122 valence electrons. The summed E-state index contributed by atoms with van der Waals surface area (Å²) in [5.41, 5.74) is 0.871. The number of likely N-dealkylation sites (tertiary alicyclic amines) is 1. The molecule has 1 unspecified atom stereocenters. The minimum atomic E-state index is 0.298. The van der Waals surface area contributed by atoms with E-state index in [9.17, 15) is 4.79 Å². The number of rotatable bonds is 4. The maximum absolute atomic E-state index is 12.0. The smallest absolute Gasteiger partial charge is 0.227 e. The fourth-order valence-electron chi connectivity index (χ4n) is 3.63. The summed E-state index contributed by atoms with van der Waals surface area (Å²) in [7, 11) is 0. The van der Waals surface area contributed by atoms with E-state index in [1.54, 1.807) is 6.20 Å². The second-order valence-corrected chi connectivity index (χ2v) is 6.12. The highest BCUT2D eigenvalue weighted by atomic mass is 16.2. The molecular weight excluding hydrogens is 294 g/mol. The van der Waals surface area contributed by atoms with Gasteiger partial charge in [-0.1, -0.05) is 0 Å². The summed E-state index contributed by atoms with van der Waals surface area (Å²) in [6.07, 6.45) is 4.41. The molecular formula is C15H21N7O. The van der Waals surface area contributed by atoms with Gasteiger partial charge >= 0.3 is 0 Å². The molecule has 2 saturated heterocycles. The number of nitrogens with one attached hydrogen (secondary N) is 1. The second kappa shape index (κ2) is 5.68. The van der Waals surface area contributed by atoms with Crippen LogP contribution in [0.4, 0.5) is 5.95 Å². The molecule has 8 heteroatoms. The molecule has 0 saturated carbocycles. The van der Waals surface area contributed by atoms with Gasteiger partial charge in [-0.05, 0) is 25.8 Å². The van der Waals surface area contributed by atoms with Crippen LogP contribution in [0.25, 0.3) is 11.5 Å². The van der Waals surface area contributed by atoms with Crippen molar-refractivity contribution in [2.24, 2.45) is 0 Å². The zero-order valence-electron chi connectivity index (χ0n) is 13.3. The van der Waals surface area contributed by atoms with Crippen molar-refractivity contribution in [2.75, 3.05) is 24.5 Å². The van der Waals surface area contributed by atoms with Crippen LogP contribution in [-0.2, 0) is 11.3 Å². The molecule has 23 heavy (non-hydrogen) atoms. The third-order valence-corrected chi connectivity index (χ3v) is 4.79. The zero-order chi connectivity index (χ0) is 15.8. The number of hydrogen-bond acceptors (Lipinski definition) is 5. The maximum Gasteiger partial charge on any atom is 0.227 e. The van der Waals surface area contributed by atoms with E-state index in [2.05, 4.69) is 36.8 Å². The van der Waals surface area contributed by atoms with E-state index >= 15 is 0 Å². The lowest BCUT2D eigenvalue weighted by atomic mass is 10.2. The lowest BCUT2D eigenvalue weighted by Crippen LogP contribution is -2.38. The molecule has 2 aromatic rings. The Labute approximate surface area is 134 Å². The molecule has 2 aromatic heterocycles. The Morgan fingerprint density at radius 3 is 2.96 bits per heavy atom. The van der Waals surface area contributed by atoms with E-state index in [4.69, 9.17) is 0 Å². The highest BCUT2D eigenvalue weighted by Gasteiger charge is 2.34. The molecule has 0 aliphatic carbocycles. The van der Waals surface area contributed by atoms with Gasteiger partial charge in [0.1, 0.15) is 5.69 Å². The van der Waals surface area contributed by atoms with Crippen molar-refractivity contribution in [2.45, 2.75) is 38.8 Å². The molecule has 4 rings (SSSR count). The van der Waals surface area contributed by atoms with Crippen molar-refractivity contribution in [3.05, 3.63) is 12.3 Å². The summed E-state index contributed by atoms with van der Waals surface area (Å²) < 4.78 is 2.10. The lowest BCUT2D eigenvalue weighted by Gasteiger charge is -2.24. The van der Waals surface area contributed by atoms with E-state index in [0.717, 1.165) is 56.5 Å². The average molecular weight is 315 g/mol. The van der Waals surface area contributed by atoms with Crippen LogP contribution in [0.15, 0.2) is 12.3 Å². The van der Waals surface area contributed by atoms with Crippen LogP contribution < -0.4 is 4.90 Å². The van der Waals surface area contributed by atoms with Gasteiger partial charge in [-0.3, -0.25) is 14.5 Å². The Morgan fingerprint density at radius 2 is 2.26 bits per heavy atom. The molecule has 2 aliphatic heterocycles. The normalized spacial score (nSPS) is 21.6. The third kappa shape index (κ3) is 2.38. The molecule has 2 aliphatic rings. The van der Waals surface area contributed by atoms with Crippen molar-refractivity contribution >= 4 is 11.9 Å². The number of amides is 1. The summed E-state index contributed by atoms with van der Waals surface area (Å²) in [4.78, 5) is 16.2. The monoisotopic (exact) mass is 315 g/mol. The van der Waals surface area contributed by atoms with Crippen LogP contribution >= 0.6 is 0 Å². The average Bonchev–Trinajstić information content (AvgIpc) is 3.32.